The predicted molar refractivity (Wildman–Crippen MR) is 162 cm³/mol. The summed E-state index contributed by atoms with van der Waals surface area (Å²) in [6, 6.07) is 37.4. The zero-order valence-electron chi connectivity index (χ0n) is 24.0. The lowest BCUT2D eigenvalue weighted by atomic mass is 9.75. The second-order valence-corrected chi connectivity index (χ2v) is 12.4. The third-order valence-electron chi connectivity index (χ3n) is 9.03. The Balaban J connectivity index is 1.44. The number of hydrogen-bond donors (Lipinski definition) is 1. The number of rotatable bonds is 7. The third-order valence-corrected chi connectivity index (χ3v) is 9.03. The van der Waals surface area contributed by atoms with Crippen LogP contribution in [0.4, 0.5) is 0 Å². The minimum Gasteiger partial charge on any atom is -0.313 e. The number of hydrogen-bond acceptors (Lipinski definition) is 1. The zero-order valence-corrected chi connectivity index (χ0v) is 24.0. The van der Waals surface area contributed by atoms with Gasteiger partial charge in [-0.05, 0) is 66.6 Å². The van der Waals surface area contributed by atoms with E-state index in [1.54, 1.807) is 0 Å². The summed E-state index contributed by atoms with van der Waals surface area (Å²) in [5.41, 5.74) is 10.8. The SMILES string of the molecule is Cc1ccc(C(C)(C)c2ccc(C(c3ccc(C(C)(C)c4ccc(C)cc4)cc3)C3CCCN3)cc2)cc1. The van der Waals surface area contributed by atoms with Crippen LogP contribution in [0.25, 0.3) is 0 Å². The normalized spacial score (nSPS) is 16.2. The summed E-state index contributed by atoms with van der Waals surface area (Å²) in [4.78, 5) is 0. The van der Waals surface area contributed by atoms with Gasteiger partial charge in [0.15, 0.2) is 0 Å². The van der Waals surface area contributed by atoms with Crippen LogP contribution in [0.5, 0.6) is 0 Å². The molecule has 38 heavy (non-hydrogen) atoms. The average molecular weight is 502 g/mol. The van der Waals surface area contributed by atoms with Crippen LogP contribution < -0.4 is 5.32 Å². The summed E-state index contributed by atoms with van der Waals surface area (Å²) in [6.45, 7) is 14.7. The number of benzene rings is 4. The van der Waals surface area contributed by atoms with E-state index in [1.807, 2.05) is 0 Å². The second-order valence-electron chi connectivity index (χ2n) is 12.4. The molecule has 1 aliphatic heterocycles. The standard InChI is InChI=1S/C37H43N/c1-26-9-17-30(18-10-26)36(3,4)32-21-13-28(14-22-32)35(34-8-7-25-38-34)29-15-23-33(24-16-29)37(5,6)31-19-11-27(2)12-20-31/h9-24,34-35,38H,7-8,25H2,1-6H3. The molecule has 1 atom stereocenters. The highest BCUT2D eigenvalue weighted by Gasteiger charge is 2.30. The molecule has 1 heteroatoms. The lowest BCUT2D eigenvalue weighted by Crippen LogP contribution is -2.30. The van der Waals surface area contributed by atoms with Crippen molar-refractivity contribution in [3.63, 3.8) is 0 Å². The molecule has 1 heterocycles. The third kappa shape index (κ3) is 5.22. The Hall–Kier alpha value is -3.16. The van der Waals surface area contributed by atoms with E-state index in [2.05, 4.69) is 144 Å². The van der Waals surface area contributed by atoms with E-state index >= 15 is 0 Å². The van der Waals surface area contributed by atoms with E-state index in [9.17, 15) is 0 Å². The molecule has 1 unspecified atom stereocenters. The highest BCUT2D eigenvalue weighted by molar-refractivity contribution is 5.45. The molecule has 1 fully saturated rings. The summed E-state index contributed by atoms with van der Waals surface area (Å²) in [5, 5.41) is 3.81. The second kappa shape index (κ2) is 10.5. The van der Waals surface area contributed by atoms with Gasteiger partial charge in [0.25, 0.3) is 0 Å². The van der Waals surface area contributed by atoms with Gasteiger partial charge in [-0.1, -0.05) is 136 Å². The van der Waals surface area contributed by atoms with Crippen molar-refractivity contribution in [2.24, 2.45) is 0 Å². The van der Waals surface area contributed by atoms with Crippen molar-refractivity contribution < 1.29 is 0 Å². The van der Waals surface area contributed by atoms with Gasteiger partial charge in [0.2, 0.25) is 0 Å². The quantitative estimate of drug-likeness (QED) is 0.267. The lowest BCUT2D eigenvalue weighted by Gasteiger charge is -2.30. The summed E-state index contributed by atoms with van der Waals surface area (Å²) >= 11 is 0. The van der Waals surface area contributed by atoms with Crippen LogP contribution >= 0.6 is 0 Å². The Labute approximate surface area is 230 Å². The first-order chi connectivity index (χ1) is 18.2. The minimum atomic E-state index is -0.0312. The van der Waals surface area contributed by atoms with Crippen LogP contribution in [0.2, 0.25) is 0 Å². The van der Waals surface area contributed by atoms with Crippen LogP contribution in [-0.2, 0) is 10.8 Å². The first-order valence-corrected chi connectivity index (χ1v) is 14.2. The maximum absolute atomic E-state index is 3.81. The summed E-state index contributed by atoms with van der Waals surface area (Å²) in [5.74, 6) is 0.352. The Bertz CT molecular complexity index is 1230. The van der Waals surface area contributed by atoms with Gasteiger partial charge in [0.1, 0.15) is 0 Å². The predicted octanol–water partition coefficient (Wildman–Crippen LogP) is 8.84. The molecule has 196 valence electrons. The lowest BCUT2D eigenvalue weighted by molar-refractivity contribution is 0.539. The van der Waals surface area contributed by atoms with Crippen LogP contribution in [0.3, 0.4) is 0 Å². The van der Waals surface area contributed by atoms with Gasteiger partial charge in [-0.2, -0.15) is 0 Å². The number of nitrogens with one attached hydrogen (secondary N) is 1. The molecule has 0 amide bonds. The first-order valence-electron chi connectivity index (χ1n) is 14.2. The van der Waals surface area contributed by atoms with Gasteiger partial charge in [0, 0.05) is 22.8 Å². The Morgan fingerprint density at radius 3 is 1.21 bits per heavy atom. The molecular formula is C37H43N. The molecule has 0 aliphatic carbocycles. The Kier molecular flexibility index (Phi) is 7.34. The van der Waals surface area contributed by atoms with E-state index in [1.165, 1.54) is 57.3 Å². The fourth-order valence-electron chi connectivity index (χ4n) is 6.14. The van der Waals surface area contributed by atoms with Crippen molar-refractivity contribution in [1.29, 1.82) is 0 Å². The van der Waals surface area contributed by atoms with Crippen LogP contribution in [0.1, 0.15) is 91.0 Å². The molecule has 5 rings (SSSR count). The molecule has 1 nitrogen and oxygen atoms in total. The molecule has 0 radical (unpaired) electrons. The van der Waals surface area contributed by atoms with Gasteiger partial charge in [-0.3, -0.25) is 0 Å². The van der Waals surface area contributed by atoms with Gasteiger partial charge in [-0.15, -0.1) is 0 Å². The van der Waals surface area contributed by atoms with E-state index < -0.39 is 0 Å². The van der Waals surface area contributed by atoms with Crippen molar-refractivity contribution >= 4 is 0 Å². The molecule has 0 bridgehead atoms. The average Bonchev–Trinajstić information content (AvgIpc) is 3.44. The van der Waals surface area contributed by atoms with Crippen molar-refractivity contribution in [3.8, 4) is 0 Å². The number of aryl methyl sites for hydroxylation is 2. The zero-order chi connectivity index (χ0) is 26.9. The molecule has 0 spiro atoms. The van der Waals surface area contributed by atoms with E-state index in [0.29, 0.717) is 12.0 Å². The van der Waals surface area contributed by atoms with Crippen molar-refractivity contribution in [3.05, 3.63) is 142 Å². The molecular weight excluding hydrogens is 458 g/mol. The van der Waals surface area contributed by atoms with Gasteiger partial charge in [-0.25, -0.2) is 0 Å². The molecule has 1 aliphatic rings. The largest absolute Gasteiger partial charge is 0.313 e. The molecule has 0 saturated carbocycles. The van der Waals surface area contributed by atoms with E-state index in [-0.39, 0.29) is 10.8 Å². The van der Waals surface area contributed by atoms with E-state index in [4.69, 9.17) is 0 Å². The van der Waals surface area contributed by atoms with Crippen LogP contribution in [0.15, 0.2) is 97.1 Å². The van der Waals surface area contributed by atoms with Crippen LogP contribution in [-0.4, -0.2) is 12.6 Å². The van der Waals surface area contributed by atoms with Gasteiger partial charge >= 0.3 is 0 Å². The fourth-order valence-corrected chi connectivity index (χ4v) is 6.14. The molecule has 0 aromatic heterocycles. The maximum Gasteiger partial charge on any atom is 0.0243 e. The smallest absolute Gasteiger partial charge is 0.0243 e. The topological polar surface area (TPSA) is 12.0 Å². The van der Waals surface area contributed by atoms with Gasteiger partial charge < -0.3 is 5.32 Å². The fraction of sp³-hybridized carbons (Fsp3) is 0.351. The molecule has 1 saturated heterocycles. The van der Waals surface area contributed by atoms with Crippen molar-refractivity contribution in [2.45, 2.75) is 77.2 Å². The first kappa shape index (κ1) is 26.4. The Morgan fingerprint density at radius 1 is 0.553 bits per heavy atom. The van der Waals surface area contributed by atoms with Crippen molar-refractivity contribution in [2.75, 3.05) is 6.54 Å². The molecule has 1 N–H and O–H groups in total. The monoisotopic (exact) mass is 501 g/mol. The van der Waals surface area contributed by atoms with Gasteiger partial charge in [0.05, 0.1) is 0 Å². The summed E-state index contributed by atoms with van der Waals surface area (Å²) in [6.07, 6.45) is 2.47. The summed E-state index contributed by atoms with van der Waals surface area (Å²) in [7, 11) is 0. The Morgan fingerprint density at radius 2 is 0.895 bits per heavy atom. The maximum atomic E-state index is 3.81. The van der Waals surface area contributed by atoms with Crippen LogP contribution in [0, 0.1) is 13.8 Å². The van der Waals surface area contributed by atoms with Crippen molar-refractivity contribution in [1.82, 2.24) is 5.32 Å². The summed E-state index contributed by atoms with van der Waals surface area (Å²) < 4.78 is 0. The molecule has 4 aromatic rings. The van der Waals surface area contributed by atoms with E-state index in [0.717, 1.165) is 6.54 Å². The highest BCUT2D eigenvalue weighted by Crippen LogP contribution is 2.38. The molecule has 4 aromatic carbocycles. The highest BCUT2D eigenvalue weighted by atomic mass is 14.9. The minimum absolute atomic E-state index is 0.0312.